The van der Waals surface area contributed by atoms with E-state index in [2.05, 4.69) is 36.4 Å². The molecule has 0 aliphatic carbocycles. The summed E-state index contributed by atoms with van der Waals surface area (Å²) in [5.41, 5.74) is 3.31. The summed E-state index contributed by atoms with van der Waals surface area (Å²) >= 11 is 0. The van der Waals surface area contributed by atoms with Crippen molar-refractivity contribution in [1.82, 2.24) is 0 Å². The Morgan fingerprint density at radius 1 is 0.536 bits per heavy atom. The Balaban J connectivity index is 1.86. The molecular weight excluding hydrogens is 347 g/mol. The smallest absolute Gasteiger partial charge is 0.144 e. The van der Waals surface area contributed by atoms with Gasteiger partial charge in [0.05, 0.1) is 6.61 Å². The summed E-state index contributed by atoms with van der Waals surface area (Å²) in [6, 6.07) is 37.2. The van der Waals surface area contributed by atoms with Gasteiger partial charge in [0.25, 0.3) is 0 Å². The van der Waals surface area contributed by atoms with Gasteiger partial charge in [-0.15, -0.1) is 0 Å². The van der Waals surface area contributed by atoms with Crippen molar-refractivity contribution < 1.29 is 9.13 Å². The Hall–Kier alpha value is -3.23. The molecule has 0 aliphatic heterocycles. The molecule has 0 N–H and O–H groups in total. The molecule has 28 heavy (non-hydrogen) atoms. The summed E-state index contributed by atoms with van der Waals surface area (Å²) in [6.45, 7) is 0.360. The highest BCUT2D eigenvalue weighted by Crippen LogP contribution is 2.41. The molecule has 0 amide bonds. The van der Waals surface area contributed by atoms with Gasteiger partial charge in [-0.2, -0.15) is 0 Å². The van der Waals surface area contributed by atoms with Crippen molar-refractivity contribution in [2.75, 3.05) is 0 Å². The monoisotopic (exact) mass is 368 g/mol. The van der Waals surface area contributed by atoms with Gasteiger partial charge in [0.2, 0.25) is 0 Å². The van der Waals surface area contributed by atoms with Crippen LogP contribution in [-0.2, 0) is 16.9 Å². The fourth-order valence-corrected chi connectivity index (χ4v) is 3.54. The topological polar surface area (TPSA) is 9.23 Å². The van der Waals surface area contributed by atoms with Crippen LogP contribution in [0.1, 0.15) is 22.3 Å². The standard InChI is InChI=1S/C26H21FO/c27-25-18-16-21(17-19-25)20-28-26(22-10-4-1-5-11-22,23-12-6-2-7-13-23)24-14-8-3-9-15-24/h1-19H,20H2. The lowest BCUT2D eigenvalue weighted by atomic mass is 9.80. The van der Waals surface area contributed by atoms with Crippen LogP contribution in [-0.4, -0.2) is 0 Å². The first-order valence-corrected chi connectivity index (χ1v) is 9.34. The van der Waals surface area contributed by atoms with Gasteiger partial charge in [0, 0.05) is 0 Å². The van der Waals surface area contributed by atoms with Gasteiger partial charge >= 0.3 is 0 Å². The molecule has 0 bridgehead atoms. The number of benzene rings is 4. The summed E-state index contributed by atoms with van der Waals surface area (Å²) in [5, 5.41) is 0. The van der Waals surface area contributed by atoms with Crippen LogP contribution in [0.4, 0.5) is 4.39 Å². The van der Waals surface area contributed by atoms with Gasteiger partial charge < -0.3 is 4.74 Å². The number of hydrogen-bond donors (Lipinski definition) is 0. The predicted octanol–water partition coefficient (Wildman–Crippen LogP) is 6.33. The zero-order chi connectivity index (χ0) is 19.2. The Morgan fingerprint density at radius 3 is 1.32 bits per heavy atom. The van der Waals surface area contributed by atoms with Gasteiger partial charge in [-0.3, -0.25) is 0 Å². The first-order valence-electron chi connectivity index (χ1n) is 9.34. The molecule has 0 aromatic heterocycles. The van der Waals surface area contributed by atoms with E-state index in [9.17, 15) is 4.39 Å². The number of hydrogen-bond acceptors (Lipinski definition) is 1. The summed E-state index contributed by atoms with van der Waals surface area (Å²) in [6.07, 6.45) is 0. The van der Waals surface area contributed by atoms with E-state index in [1.807, 2.05) is 54.6 Å². The van der Waals surface area contributed by atoms with Gasteiger partial charge in [0.15, 0.2) is 0 Å². The van der Waals surface area contributed by atoms with Crippen LogP contribution in [0.15, 0.2) is 115 Å². The molecule has 0 atom stereocenters. The van der Waals surface area contributed by atoms with Crippen LogP contribution in [0.25, 0.3) is 0 Å². The molecule has 2 heteroatoms. The van der Waals surface area contributed by atoms with E-state index < -0.39 is 5.60 Å². The molecule has 0 saturated carbocycles. The third kappa shape index (κ3) is 3.60. The molecular formula is C26H21FO. The van der Waals surface area contributed by atoms with Crippen LogP contribution in [0.2, 0.25) is 0 Å². The van der Waals surface area contributed by atoms with Crippen LogP contribution in [0.3, 0.4) is 0 Å². The molecule has 0 spiro atoms. The fourth-order valence-electron chi connectivity index (χ4n) is 3.54. The Labute approximate surface area is 165 Å². The quantitative estimate of drug-likeness (QED) is 0.361. The van der Waals surface area contributed by atoms with Crippen molar-refractivity contribution in [2.24, 2.45) is 0 Å². The predicted molar refractivity (Wildman–Crippen MR) is 110 cm³/mol. The van der Waals surface area contributed by atoms with E-state index in [0.29, 0.717) is 6.61 Å². The van der Waals surface area contributed by atoms with Crippen molar-refractivity contribution in [3.63, 3.8) is 0 Å². The highest BCUT2D eigenvalue weighted by atomic mass is 19.1. The third-order valence-electron chi connectivity index (χ3n) is 4.91. The minimum Gasteiger partial charge on any atom is -0.356 e. The maximum atomic E-state index is 13.3. The molecule has 138 valence electrons. The second kappa shape index (κ2) is 8.20. The average Bonchev–Trinajstić information content (AvgIpc) is 2.78. The highest BCUT2D eigenvalue weighted by molar-refractivity contribution is 5.47. The van der Waals surface area contributed by atoms with Crippen LogP contribution < -0.4 is 0 Å². The largest absolute Gasteiger partial charge is 0.356 e. The third-order valence-corrected chi connectivity index (χ3v) is 4.91. The van der Waals surface area contributed by atoms with E-state index in [1.54, 1.807) is 12.1 Å². The van der Waals surface area contributed by atoms with Gasteiger partial charge in [-0.1, -0.05) is 103 Å². The lowest BCUT2D eigenvalue weighted by Crippen LogP contribution is -2.32. The Kier molecular flexibility index (Phi) is 5.31. The van der Waals surface area contributed by atoms with Gasteiger partial charge in [-0.05, 0) is 34.4 Å². The number of halogens is 1. The second-order valence-corrected chi connectivity index (χ2v) is 6.69. The molecule has 4 aromatic carbocycles. The SMILES string of the molecule is Fc1ccc(COC(c2ccccc2)(c2ccccc2)c2ccccc2)cc1. The van der Waals surface area contributed by atoms with Crippen LogP contribution >= 0.6 is 0 Å². The lowest BCUT2D eigenvalue weighted by Gasteiger charge is -2.36. The maximum Gasteiger partial charge on any atom is 0.144 e. The Bertz CT molecular complexity index is 900. The van der Waals surface area contributed by atoms with E-state index in [4.69, 9.17) is 4.74 Å². The molecule has 0 fully saturated rings. The number of ether oxygens (including phenoxy) is 1. The summed E-state index contributed by atoms with van der Waals surface area (Å²) in [5.74, 6) is -0.246. The maximum absolute atomic E-state index is 13.3. The fraction of sp³-hybridized carbons (Fsp3) is 0.0769. The first kappa shape index (κ1) is 18.1. The summed E-state index contributed by atoms with van der Waals surface area (Å²) in [7, 11) is 0. The number of rotatable bonds is 6. The molecule has 4 rings (SSSR count). The zero-order valence-corrected chi connectivity index (χ0v) is 15.5. The van der Waals surface area contributed by atoms with E-state index in [0.717, 1.165) is 22.3 Å². The molecule has 1 nitrogen and oxygen atoms in total. The summed E-state index contributed by atoms with van der Waals surface area (Å²) < 4.78 is 20.0. The van der Waals surface area contributed by atoms with Gasteiger partial charge in [0.1, 0.15) is 11.4 Å². The highest BCUT2D eigenvalue weighted by Gasteiger charge is 2.37. The molecule has 0 heterocycles. The van der Waals surface area contributed by atoms with Crippen molar-refractivity contribution >= 4 is 0 Å². The van der Waals surface area contributed by atoms with Crippen molar-refractivity contribution in [2.45, 2.75) is 12.2 Å². The summed E-state index contributed by atoms with van der Waals surface area (Å²) in [4.78, 5) is 0. The van der Waals surface area contributed by atoms with Gasteiger partial charge in [-0.25, -0.2) is 4.39 Å². The molecule has 4 aromatic rings. The second-order valence-electron chi connectivity index (χ2n) is 6.69. The van der Waals surface area contributed by atoms with E-state index >= 15 is 0 Å². The first-order chi connectivity index (χ1) is 13.8. The lowest BCUT2D eigenvalue weighted by molar-refractivity contribution is 0.000222. The van der Waals surface area contributed by atoms with Crippen molar-refractivity contribution in [3.05, 3.63) is 143 Å². The normalized spacial score (nSPS) is 11.3. The molecule has 0 radical (unpaired) electrons. The molecule has 0 unspecified atom stereocenters. The minimum absolute atomic E-state index is 0.246. The van der Waals surface area contributed by atoms with Crippen molar-refractivity contribution in [3.8, 4) is 0 Å². The molecule has 0 aliphatic rings. The van der Waals surface area contributed by atoms with Crippen LogP contribution in [0, 0.1) is 5.82 Å². The average molecular weight is 368 g/mol. The van der Waals surface area contributed by atoms with E-state index in [1.165, 1.54) is 12.1 Å². The van der Waals surface area contributed by atoms with E-state index in [-0.39, 0.29) is 5.82 Å². The zero-order valence-electron chi connectivity index (χ0n) is 15.5. The molecule has 0 saturated heterocycles. The van der Waals surface area contributed by atoms with Crippen molar-refractivity contribution in [1.29, 1.82) is 0 Å². The Morgan fingerprint density at radius 2 is 0.929 bits per heavy atom. The van der Waals surface area contributed by atoms with Crippen LogP contribution in [0.5, 0.6) is 0 Å². The minimum atomic E-state index is -0.766.